The molecular formula is C36H39ClN2O10. The number of hydrogen-bond acceptors (Lipinski definition) is 10. The Balaban J connectivity index is 1.79. The first-order valence-electron chi connectivity index (χ1n) is 15.4. The van der Waals surface area contributed by atoms with Gasteiger partial charge < -0.3 is 34.3 Å². The number of alkyl halides is 1. The summed E-state index contributed by atoms with van der Waals surface area (Å²) < 4.78 is 26.5. The van der Waals surface area contributed by atoms with Crippen LogP contribution in [0.1, 0.15) is 44.4 Å². The zero-order valence-corrected chi connectivity index (χ0v) is 28.3. The average molecular weight is 695 g/mol. The van der Waals surface area contributed by atoms with Crippen LogP contribution in [0.4, 0.5) is 9.59 Å². The predicted octanol–water partition coefficient (Wildman–Crippen LogP) is 6.15. The zero-order chi connectivity index (χ0) is 35.8. The van der Waals surface area contributed by atoms with Crippen molar-refractivity contribution in [1.29, 1.82) is 0 Å². The van der Waals surface area contributed by atoms with Crippen LogP contribution in [0, 0.1) is 11.8 Å². The maximum Gasteiger partial charge on any atom is 0.408 e. The molecule has 3 rings (SSSR count). The minimum Gasteiger partial charge on any atom is -0.446 e. The van der Waals surface area contributed by atoms with Gasteiger partial charge in [0.05, 0.1) is 0 Å². The summed E-state index contributed by atoms with van der Waals surface area (Å²) in [5, 5.41) is 5.05. The number of carbonyl (C=O) groups is 5. The van der Waals surface area contributed by atoms with Gasteiger partial charge in [0, 0.05) is 6.08 Å². The molecule has 0 saturated carbocycles. The van der Waals surface area contributed by atoms with Gasteiger partial charge in [0.1, 0.15) is 25.3 Å². The molecule has 0 bridgehead atoms. The Labute approximate surface area is 289 Å². The summed E-state index contributed by atoms with van der Waals surface area (Å²) in [7, 11) is 0. The fraction of sp³-hybridized carbons (Fsp3) is 0.306. The first kappa shape index (κ1) is 38.1. The van der Waals surface area contributed by atoms with Crippen LogP contribution in [0.2, 0.25) is 0 Å². The average Bonchev–Trinajstić information content (AvgIpc) is 3.08. The van der Waals surface area contributed by atoms with E-state index in [0.29, 0.717) is 5.56 Å². The van der Waals surface area contributed by atoms with E-state index >= 15 is 0 Å². The number of halogens is 1. The van der Waals surface area contributed by atoms with Crippen molar-refractivity contribution in [2.75, 3.05) is 6.07 Å². The van der Waals surface area contributed by atoms with Crippen molar-refractivity contribution in [2.24, 2.45) is 11.8 Å². The molecule has 49 heavy (non-hydrogen) atoms. The first-order valence-corrected chi connectivity index (χ1v) is 15.9. The molecule has 12 nitrogen and oxygen atoms in total. The monoisotopic (exact) mass is 694 g/mol. The van der Waals surface area contributed by atoms with E-state index in [1.165, 1.54) is 24.3 Å². The molecule has 0 spiro atoms. The quantitative estimate of drug-likeness (QED) is 0.0622. The zero-order valence-electron chi connectivity index (χ0n) is 27.6. The van der Waals surface area contributed by atoms with E-state index in [1.54, 1.807) is 76.2 Å². The number of amides is 2. The van der Waals surface area contributed by atoms with Gasteiger partial charge in [-0.2, -0.15) is 0 Å². The van der Waals surface area contributed by atoms with Gasteiger partial charge in [0.25, 0.3) is 0 Å². The van der Waals surface area contributed by atoms with Crippen molar-refractivity contribution in [3.63, 3.8) is 0 Å². The van der Waals surface area contributed by atoms with Crippen molar-refractivity contribution < 1.29 is 47.7 Å². The molecule has 3 aromatic rings. The molecule has 2 atom stereocenters. The van der Waals surface area contributed by atoms with E-state index in [0.717, 1.165) is 17.2 Å². The molecule has 0 unspecified atom stereocenters. The second-order valence-corrected chi connectivity index (χ2v) is 11.5. The third kappa shape index (κ3) is 13.0. The maximum absolute atomic E-state index is 13.4. The highest BCUT2D eigenvalue weighted by atomic mass is 35.5. The molecule has 260 valence electrons. The predicted molar refractivity (Wildman–Crippen MR) is 180 cm³/mol. The largest absolute Gasteiger partial charge is 0.446 e. The van der Waals surface area contributed by atoms with E-state index in [2.05, 4.69) is 15.4 Å². The molecule has 3 aromatic carbocycles. The Morgan fingerprint density at radius 3 is 1.57 bits per heavy atom. The molecule has 2 N–H and O–H groups in total. The SMILES string of the molecule is CC(C)[C@H](NC(=O)OCc1ccccc1)C(=O)Oc1ccc(C=CC(=O)OCCl)cc1OC(=O)[C@@H](NC(=O)OCc1ccccc1)C(C)C. The summed E-state index contributed by atoms with van der Waals surface area (Å²) in [6.07, 6.45) is 0.805. The van der Waals surface area contributed by atoms with Gasteiger partial charge in [-0.05, 0) is 46.7 Å². The molecule has 0 radical (unpaired) electrons. The highest BCUT2D eigenvalue weighted by molar-refractivity contribution is 6.17. The molecule has 13 heteroatoms. The van der Waals surface area contributed by atoms with Crippen molar-refractivity contribution in [2.45, 2.75) is 53.0 Å². The lowest BCUT2D eigenvalue weighted by Gasteiger charge is -2.23. The number of nitrogens with one attached hydrogen (secondary N) is 2. The van der Waals surface area contributed by atoms with Gasteiger partial charge in [-0.25, -0.2) is 24.0 Å². The smallest absolute Gasteiger partial charge is 0.408 e. The number of rotatable bonds is 15. The topological polar surface area (TPSA) is 156 Å². The number of ether oxygens (including phenoxy) is 5. The van der Waals surface area contributed by atoms with Crippen LogP contribution >= 0.6 is 11.6 Å². The van der Waals surface area contributed by atoms with Crippen molar-refractivity contribution >= 4 is 47.8 Å². The third-order valence-corrected chi connectivity index (χ3v) is 6.92. The van der Waals surface area contributed by atoms with Gasteiger partial charge in [-0.15, -0.1) is 0 Å². The van der Waals surface area contributed by atoms with Crippen LogP contribution in [0.5, 0.6) is 11.5 Å². The van der Waals surface area contributed by atoms with E-state index in [1.807, 2.05) is 12.1 Å². The van der Waals surface area contributed by atoms with Crippen molar-refractivity contribution in [3.8, 4) is 11.5 Å². The summed E-state index contributed by atoms with van der Waals surface area (Å²) in [6.45, 7) is 6.77. The third-order valence-electron chi connectivity index (χ3n) is 6.81. The van der Waals surface area contributed by atoms with E-state index in [4.69, 9.17) is 30.5 Å². The summed E-state index contributed by atoms with van der Waals surface area (Å²) >= 11 is 5.44. The van der Waals surface area contributed by atoms with Crippen LogP contribution in [0.3, 0.4) is 0 Å². The molecule has 0 saturated heterocycles. The lowest BCUT2D eigenvalue weighted by molar-refractivity contribution is -0.140. The normalized spacial score (nSPS) is 12.1. The summed E-state index contributed by atoms with van der Waals surface area (Å²) in [6, 6.07) is 19.6. The van der Waals surface area contributed by atoms with Crippen LogP contribution in [-0.4, -0.2) is 48.2 Å². The van der Waals surface area contributed by atoms with E-state index < -0.39 is 54.0 Å². The molecular weight excluding hydrogens is 656 g/mol. The highest BCUT2D eigenvalue weighted by Crippen LogP contribution is 2.31. The van der Waals surface area contributed by atoms with E-state index in [9.17, 15) is 24.0 Å². The second-order valence-electron chi connectivity index (χ2n) is 11.3. The van der Waals surface area contributed by atoms with Gasteiger partial charge >= 0.3 is 30.1 Å². The van der Waals surface area contributed by atoms with Crippen molar-refractivity contribution in [3.05, 3.63) is 102 Å². The Hall–Kier alpha value is -5.36. The molecule has 0 aliphatic heterocycles. The number of esters is 3. The molecule has 0 heterocycles. The van der Waals surface area contributed by atoms with Crippen LogP contribution in [0.15, 0.2) is 84.9 Å². The Kier molecular flexibility index (Phi) is 15.1. The maximum atomic E-state index is 13.4. The van der Waals surface area contributed by atoms with Gasteiger partial charge in [-0.1, -0.05) is 106 Å². The molecule has 0 aliphatic carbocycles. The van der Waals surface area contributed by atoms with Crippen LogP contribution < -0.4 is 20.1 Å². The van der Waals surface area contributed by atoms with E-state index in [-0.39, 0.29) is 30.8 Å². The summed E-state index contributed by atoms with van der Waals surface area (Å²) in [5.74, 6) is -3.69. The highest BCUT2D eigenvalue weighted by Gasteiger charge is 2.30. The number of alkyl carbamates (subject to hydrolysis) is 2. The Morgan fingerprint density at radius 1 is 0.653 bits per heavy atom. The second kappa shape index (κ2) is 19.5. The van der Waals surface area contributed by atoms with Gasteiger partial charge in [-0.3, -0.25) is 0 Å². The lowest BCUT2D eigenvalue weighted by Crippen LogP contribution is -2.47. The summed E-state index contributed by atoms with van der Waals surface area (Å²) in [5.41, 5.74) is 1.89. The number of hydrogen-bond donors (Lipinski definition) is 2. The number of carbonyl (C=O) groups excluding carboxylic acids is 5. The fourth-order valence-electron chi connectivity index (χ4n) is 4.18. The van der Waals surface area contributed by atoms with Gasteiger partial charge in [0.15, 0.2) is 17.6 Å². The van der Waals surface area contributed by atoms with Crippen LogP contribution in [0.25, 0.3) is 6.08 Å². The Bertz CT molecular complexity index is 1600. The standard InChI is InChI=1S/C36H39ClN2O10/c1-23(2)31(38-35(43)45-20-26-11-7-5-8-12-26)33(41)48-28-17-15-25(16-18-30(40)47-22-37)19-29(28)49-34(42)32(24(3)4)39-36(44)46-21-27-13-9-6-10-14-27/h5-19,23-24,31-32H,20-22H2,1-4H3,(H,38,43)(H,39,44)/t31-,32-/m0/s1. The molecule has 2 amide bonds. The minimum atomic E-state index is -1.16. The molecule has 0 aromatic heterocycles. The molecule has 0 aliphatic rings. The van der Waals surface area contributed by atoms with Crippen LogP contribution in [-0.2, 0) is 41.8 Å². The van der Waals surface area contributed by atoms with Crippen molar-refractivity contribution in [1.82, 2.24) is 10.6 Å². The summed E-state index contributed by atoms with van der Waals surface area (Å²) in [4.78, 5) is 63.8. The number of benzene rings is 3. The Morgan fingerprint density at radius 2 is 1.12 bits per heavy atom. The first-order chi connectivity index (χ1) is 23.5. The minimum absolute atomic E-state index is 0.00902. The molecule has 0 fully saturated rings. The van der Waals surface area contributed by atoms with Gasteiger partial charge in [0.2, 0.25) is 0 Å². The lowest BCUT2D eigenvalue weighted by atomic mass is 10.0. The fourth-order valence-corrected chi connectivity index (χ4v) is 4.29.